The van der Waals surface area contributed by atoms with Crippen molar-refractivity contribution in [2.75, 3.05) is 6.79 Å². The molecule has 0 aromatic heterocycles. The minimum Gasteiger partial charge on any atom is -0.505 e. The van der Waals surface area contributed by atoms with Gasteiger partial charge >= 0.3 is 0 Å². The molecule has 5 heteroatoms. The second kappa shape index (κ2) is 3.76. The molecule has 2 rings (SSSR count). The highest BCUT2D eigenvalue weighted by molar-refractivity contribution is 5.55. The number of benzene rings is 1. The van der Waals surface area contributed by atoms with Crippen LogP contribution in [0.1, 0.15) is 12.0 Å². The molecule has 1 heterocycles. The molecule has 0 amide bonds. The normalized spacial score (nSPS) is 12.9. The molecule has 0 saturated carbocycles. The quantitative estimate of drug-likeness (QED) is 0.769. The highest BCUT2D eigenvalue weighted by Gasteiger charge is 2.24. The number of hydrogen-bond donors (Lipinski definition) is 1. The van der Waals surface area contributed by atoms with Gasteiger partial charge < -0.3 is 19.4 Å². The van der Waals surface area contributed by atoms with E-state index in [2.05, 4.69) is 0 Å². The molecule has 0 atom stereocenters. The minimum atomic E-state index is -0.828. The summed E-state index contributed by atoms with van der Waals surface area (Å²) < 4.78 is 23.3. The molecule has 1 N–H and O–H groups in total. The number of aryl methyl sites for hydroxylation is 1. The van der Waals surface area contributed by atoms with E-state index in [9.17, 15) is 14.3 Å². The fourth-order valence-electron chi connectivity index (χ4n) is 1.45. The summed E-state index contributed by atoms with van der Waals surface area (Å²) in [6, 6.07) is 1.49. The van der Waals surface area contributed by atoms with Crippen LogP contribution in [0.4, 0.5) is 4.39 Å². The van der Waals surface area contributed by atoms with Crippen molar-refractivity contribution < 1.29 is 23.8 Å². The molecule has 4 nitrogen and oxygen atoms in total. The first kappa shape index (κ1) is 9.76. The van der Waals surface area contributed by atoms with Crippen LogP contribution >= 0.6 is 0 Å². The highest BCUT2D eigenvalue weighted by atomic mass is 19.1. The molecule has 1 aliphatic heterocycles. The maximum Gasteiger partial charge on any atom is 0.231 e. The van der Waals surface area contributed by atoms with E-state index in [0.717, 1.165) is 0 Å². The highest BCUT2D eigenvalue weighted by Crippen LogP contribution is 2.41. The number of carbonyl (C=O) groups excluding carboxylic acids is 1. The van der Waals surface area contributed by atoms with Crippen molar-refractivity contribution >= 4 is 6.29 Å². The van der Waals surface area contributed by atoms with Crippen molar-refractivity contribution in [1.82, 2.24) is 0 Å². The predicted octanol–water partition coefficient (Wildman–Crippen LogP) is 1.39. The molecule has 1 aliphatic rings. The Bertz CT molecular complexity index is 403. The molecule has 15 heavy (non-hydrogen) atoms. The smallest absolute Gasteiger partial charge is 0.231 e. The van der Waals surface area contributed by atoms with Gasteiger partial charge in [-0.3, -0.25) is 0 Å². The molecular formula is C10H9FO4. The molecule has 1 aromatic rings. The summed E-state index contributed by atoms with van der Waals surface area (Å²) in [7, 11) is 0. The summed E-state index contributed by atoms with van der Waals surface area (Å²) in [5.74, 6) is -1.10. The van der Waals surface area contributed by atoms with E-state index in [-0.39, 0.29) is 31.1 Å². The van der Waals surface area contributed by atoms with E-state index in [1.165, 1.54) is 6.07 Å². The summed E-state index contributed by atoms with van der Waals surface area (Å²) in [6.45, 7) is -0.0528. The van der Waals surface area contributed by atoms with Gasteiger partial charge in [0.2, 0.25) is 18.4 Å². The predicted molar refractivity (Wildman–Crippen MR) is 48.6 cm³/mol. The van der Waals surface area contributed by atoms with Crippen LogP contribution in [0.15, 0.2) is 6.07 Å². The molecule has 0 unspecified atom stereocenters. The fourth-order valence-corrected chi connectivity index (χ4v) is 1.45. The van der Waals surface area contributed by atoms with Crippen molar-refractivity contribution in [3.05, 3.63) is 17.4 Å². The number of phenolic OH excluding ortho intramolecular Hbond substituents is 1. The molecule has 0 saturated heterocycles. The first-order valence-electron chi connectivity index (χ1n) is 4.47. The van der Waals surface area contributed by atoms with E-state index in [1.807, 2.05) is 0 Å². The molecule has 0 fully saturated rings. The lowest BCUT2D eigenvalue weighted by Crippen LogP contribution is -1.93. The Morgan fingerprint density at radius 1 is 1.53 bits per heavy atom. The zero-order valence-electron chi connectivity index (χ0n) is 7.83. The van der Waals surface area contributed by atoms with Crippen molar-refractivity contribution in [2.45, 2.75) is 12.8 Å². The van der Waals surface area contributed by atoms with E-state index in [1.54, 1.807) is 0 Å². The van der Waals surface area contributed by atoms with Crippen molar-refractivity contribution in [3.63, 3.8) is 0 Å². The fraction of sp³-hybridized carbons (Fsp3) is 0.300. The Morgan fingerprint density at radius 3 is 3.07 bits per heavy atom. The average molecular weight is 212 g/mol. The number of hydrogen-bond acceptors (Lipinski definition) is 4. The minimum absolute atomic E-state index is 0.0528. The summed E-state index contributed by atoms with van der Waals surface area (Å²) in [4.78, 5) is 10.2. The zero-order chi connectivity index (χ0) is 10.8. The van der Waals surface area contributed by atoms with E-state index in [0.29, 0.717) is 11.8 Å². The number of ether oxygens (including phenoxy) is 2. The molecule has 80 valence electrons. The van der Waals surface area contributed by atoms with Gasteiger partial charge in [-0.25, -0.2) is 0 Å². The standard InChI is InChI=1S/C10H9FO4/c11-8-9(13)6(2-1-3-12)4-7-10(8)15-5-14-7/h3-4,13H,1-2,5H2. The monoisotopic (exact) mass is 212 g/mol. The lowest BCUT2D eigenvalue weighted by molar-refractivity contribution is -0.107. The van der Waals surface area contributed by atoms with E-state index >= 15 is 0 Å². The zero-order valence-corrected chi connectivity index (χ0v) is 7.83. The van der Waals surface area contributed by atoms with Crippen LogP contribution in [0.25, 0.3) is 0 Å². The Kier molecular flexibility index (Phi) is 2.45. The third-order valence-electron chi connectivity index (χ3n) is 2.19. The summed E-state index contributed by atoms with van der Waals surface area (Å²) >= 11 is 0. The number of halogens is 1. The molecule has 0 aliphatic carbocycles. The van der Waals surface area contributed by atoms with E-state index in [4.69, 9.17) is 9.47 Å². The van der Waals surface area contributed by atoms with Gasteiger partial charge in [-0.2, -0.15) is 4.39 Å². The van der Waals surface area contributed by atoms with Gasteiger partial charge in [-0.1, -0.05) is 0 Å². The van der Waals surface area contributed by atoms with Gasteiger partial charge in [0.1, 0.15) is 6.29 Å². The largest absolute Gasteiger partial charge is 0.505 e. The van der Waals surface area contributed by atoms with Crippen LogP contribution in [-0.2, 0) is 11.2 Å². The van der Waals surface area contributed by atoms with Crippen molar-refractivity contribution in [2.24, 2.45) is 0 Å². The number of aromatic hydroxyl groups is 1. The van der Waals surface area contributed by atoms with Gasteiger partial charge in [0.25, 0.3) is 0 Å². The summed E-state index contributed by atoms with van der Waals surface area (Å²) in [6.07, 6.45) is 1.22. The first-order chi connectivity index (χ1) is 7.24. The SMILES string of the molecule is O=CCCc1cc2c(c(F)c1O)OCO2. The van der Waals surface area contributed by atoms with Gasteiger partial charge in [-0.05, 0) is 12.5 Å². The van der Waals surface area contributed by atoms with Crippen LogP contribution in [0, 0.1) is 5.82 Å². The maximum absolute atomic E-state index is 13.4. The second-order valence-electron chi connectivity index (χ2n) is 3.14. The average Bonchev–Trinajstić information content (AvgIpc) is 2.69. The summed E-state index contributed by atoms with van der Waals surface area (Å²) in [5, 5.41) is 9.46. The van der Waals surface area contributed by atoms with Gasteiger partial charge in [0.05, 0.1) is 0 Å². The second-order valence-corrected chi connectivity index (χ2v) is 3.14. The Hall–Kier alpha value is -1.78. The number of phenols is 1. The lowest BCUT2D eigenvalue weighted by atomic mass is 10.1. The topological polar surface area (TPSA) is 55.8 Å². The van der Waals surface area contributed by atoms with Gasteiger partial charge in [0.15, 0.2) is 11.5 Å². The molecule has 0 radical (unpaired) electrons. The molecule has 1 aromatic carbocycles. The number of carbonyl (C=O) groups is 1. The number of rotatable bonds is 3. The molecule has 0 bridgehead atoms. The lowest BCUT2D eigenvalue weighted by Gasteiger charge is -2.06. The maximum atomic E-state index is 13.4. The first-order valence-corrected chi connectivity index (χ1v) is 4.47. The van der Waals surface area contributed by atoms with Crippen LogP contribution in [0.2, 0.25) is 0 Å². The molecule has 0 spiro atoms. The third kappa shape index (κ3) is 1.60. The summed E-state index contributed by atoms with van der Waals surface area (Å²) in [5.41, 5.74) is 0.351. The van der Waals surface area contributed by atoms with Gasteiger partial charge in [-0.15, -0.1) is 0 Å². The number of fused-ring (bicyclic) bond motifs is 1. The van der Waals surface area contributed by atoms with E-state index < -0.39 is 11.6 Å². The van der Waals surface area contributed by atoms with Crippen molar-refractivity contribution in [1.29, 1.82) is 0 Å². The Balaban J connectivity index is 2.39. The van der Waals surface area contributed by atoms with Crippen LogP contribution < -0.4 is 9.47 Å². The third-order valence-corrected chi connectivity index (χ3v) is 2.19. The number of aldehydes is 1. The Morgan fingerprint density at radius 2 is 2.33 bits per heavy atom. The van der Waals surface area contributed by atoms with Crippen LogP contribution in [0.3, 0.4) is 0 Å². The Labute approximate surface area is 85.2 Å². The van der Waals surface area contributed by atoms with Crippen LogP contribution in [0.5, 0.6) is 17.2 Å². The van der Waals surface area contributed by atoms with Gasteiger partial charge in [0, 0.05) is 12.0 Å². The van der Waals surface area contributed by atoms with Crippen LogP contribution in [-0.4, -0.2) is 18.2 Å². The van der Waals surface area contributed by atoms with Crippen molar-refractivity contribution in [3.8, 4) is 17.2 Å². The molecular weight excluding hydrogens is 203 g/mol.